The third-order valence-electron chi connectivity index (χ3n) is 4.81. The fourth-order valence-corrected chi connectivity index (χ4v) is 3.33. The second-order valence-corrected chi connectivity index (χ2v) is 6.68. The van der Waals surface area contributed by atoms with E-state index in [1.54, 1.807) is 0 Å². The van der Waals surface area contributed by atoms with Crippen molar-refractivity contribution in [1.29, 1.82) is 0 Å². The summed E-state index contributed by atoms with van der Waals surface area (Å²) in [4.78, 5) is 26.1. The van der Waals surface area contributed by atoms with Gasteiger partial charge in [0.25, 0.3) is 5.91 Å². The second kappa shape index (κ2) is 7.12. The predicted octanol–water partition coefficient (Wildman–Crippen LogP) is 3.82. The van der Waals surface area contributed by atoms with E-state index in [1.807, 2.05) is 91.9 Å². The van der Waals surface area contributed by atoms with Gasteiger partial charge in [0.05, 0.1) is 6.21 Å². The Kier molecular flexibility index (Phi) is 4.49. The van der Waals surface area contributed by atoms with Crippen molar-refractivity contribution in [3.8, 4) is 0 Å². The Morgan fingerprint density at radius 2 is 1.36 bits per heavy atom. The molecule has 0 aliphatic carbocycles. The van der Waals surface area contributed by atoms with Gasteiger partial charge in [0.2, 0.25) is 0 Å². The zero-order chi connectivity index (χ0) is 19.6. The molecule has 0 radical (unpaired) electrons. The first-order chi connectivity index (χ1) is 13.6. The van der Waals surface area contributed by atoms with E-state index in [2.05, 4.69) is 10.4 Å². The summed E-state index contributed by atoms with van der Waals surface area (Å²) in [5.41, 5.74) is 2.01. The number of hydrogen-bond acceptors (Lipinski definition) is 3. The standard InChI is InChI=1S/C23H19N3O2/c1-17-12-14-18(15-13-17)16-24-26-21(27)23(25-22(26)28,19-8-4-2-5-9-19)20-10-6-3-7-11-20/h2-16H,1H3,(H,25,28)/b24-16-. The zero-order valence-corrected chi connectivity index (χ0v) is 15.4. The molecule has 1 saturated heterocycles. The number of hydrazone groups is 1. The van der Waals surface area contributed by atoms with E-state index in [0.29, 0.717) is 11.1 Å². The molecule has 4 rings (SSSR count). The molecule has 0 atom stereocenters. The molecule has 3 aromatic rings. The zero-order valence-electron chi connectivity index (χ0n) is 15.4. The molecule has 0 unspecified atom stereocenters. The minimum Gasteiger partial charge on any atom is -0.314 e. The molecule has 1 heterocycles. The minimum absolute atomic E-state index is 0.432. The summed E-state index contributed by atoms with van der Waals surface area (Å²) in [5, 5.41) is 7.95. The molecule has 1 fully saturated rings. The van der Waals surface area contributed by atoms with Gasteiger partial charge in [0.15, 0.2) is 5.54 Å². The molecule has 1 N–H and O–H groups in total. The smallest absolute Gasteiger partial charge is 0.314 e. The average molecular weight is 369 g/mol. The van der Waals surface area contributed by atoms with Gasteiger partial charge in [0, 0.05) is 0 Å². The van der Waals surface area contributed by atoms with Crippen molar-refractivity contribution in [2.45, 2.75) is 12.5 Å². The first-order valence-electron chi connectivity index (χ1n) is 9.00. The third kappa shape index (κ3) is 2.97. The average Bonchev–Trinajstić information content (AvgIpc) is 3.00. The number of rotatable bonds is 4. The van der Waals surface area contributed by atoms with Crippen LogP contribution in [0.4, 0.5) is 4.79 Å². The predicted molar refractivity (Wildman–Crippen MR) is 108 cm³/mol. The minimum atomic E-state index is -1.30. The Labute approximate surface area is 163 Å². The number of urea groups is 1. The number of nitrogens with one attached hydrogen (secondary N) is 1. The highest BCUT2D eigenvalue weighted by molar-refractivity contribution is 6.09. The number of aryl methyl sites for hydroxylation is 1. The second-order valence-electron chi connectivity index (χ2n) is 6.68. The van der Waals surface area contributed by atoms with Crippen LogP contribution in [0, 0.1) is 6.92 Å². The van der Waals surface area contributed by atoms with E-state index in [9.17, 15) is 9.59 Å². The van der Waals surface area contributed by atoms with Gasteiger partial charge < -0.3 is 5.32 Å². The highest BCUT2D eigenvalue weighted by atomic mass is 16.2. The van der Waals surface area contributed by atoms with Crippen molar-refractivity contribution >= 4 is 18.2 Å². The summed E-state index contributed by atoms with van der Waals surface area (Å²) in [5.74, 6) is -0.432. The lowest BCUT2D eigenvalue weighted by atomic mass is 9.83. The van der Waals surface area contributed by atoms with Crippen LogP contribution in [0.2, 0.25) is 0 Å². The number of carbonyl (C=O) groups is 2. The van der Waals surface area contributed by atoms with Crippen molar-refractivity contribution in [1.82, 2.24) is 10.3 Å². The summed E-state index contributed by atoms with van der Waals surface area (Å²) >= 11 is 0. The largest absolute Gasteiger partial charge is 0.346 e. The first kappa shape index (κ1) is 17.7. The van der Waals surface area contributed by atoms with Gasteiger partial charge in [-0.3, -0.25) is 4.79 Å². The van der Waals surface area contributed by atoms with Crippen molar-refractivity contribution < 1.29 is 9.59 Å². The molecule has 3 amide bonds. The van der Waals surface area contributed by atoms with Gasteiger partial charge in [-0.25, -0.2) is 4.79 Å². The highest BCUT2D eigenvalue weighted by Gasteiger charge is 2.54. The first-order valence-corrected chi connectivity index (χ1v) is 9.00. The lowest BCUT2D eigenvalue weighted by Gasteiger charge is -2.27. The molecular formula is C23H19N3O2. The molecule has 0 spiro atoms. The SMILES string of the molecule is Cc1ccc(/C=N\N2C(=O)NC(c3ccccc3)(c3ccccc3)C2=O)cc1. The molecular weight excluding hydrogens is 350 g/mol. The van der Waals surface area contributed by atoms with Crippen LogP contribution in [0.15, 0.2) is 90.0 Å². The maximum Gasteiger partial charge on any atom is 0.346 e. The lowest BCUT2D eigenvalue weighted by Crippen LogP contribution is -2.44. The van der Waals surface area contributed by atoms with E-state index in [-0.39, 0.29) is 0 Å². The van der Waals surface area contributed by atoms with Crippen molar-refractivity contribution in [3.05, 3.63) is 107 Å². The molecule has 3 aromatic carbocycles. The summed E-state index contributed by atoms with van der Waals surface area (Å²) in [6.45, 7) is 1.99. The Balaban J connectivity index is 1.76. The molecule has 5 heteroatoms. The van der Waals surface area contributed by atoms with Gasteiger partial charge in [-0.15, -0.1) is 5.01 Å². The number of hydrogen-bond donors (Lipinski definition) is 1. The number of carbonyl (C=O) groups excluding carboxylic acids is 2. The number of nitrogens with zero attached hydrogens (tertiary/aromatic N) is 2. The molecule has 28 heavy (non-hydrogen) atoms. The summed E-state index contributed by atoms with van der Waals surface area (Å²) < 4.78 is 0. The van der Waals surface area contributed by atoms with E-state index < -0.39 is 17.5 Å². The Hall–Kier alpha value is -3.73. The van der Waals surface area contributed by atoms with Gasteiger partial charge in [0.1, 0.15) is 0 Å². The van der Waals surface area contributed by atoms with Gasteiger partial charge >= 0.3 is 6.03 Å². The Bertz CT molecular complexity index is 989. The Morgan fingerprint density at radius 3 is 1.89 bits per heavy atom. The van der Waals surface area contributed by atoms with Gasteiger partial charge in [-0.2, -0.15) is 5.10 Å². The quantitative estimate of drug-likeness (QED) is 0.561. The molecule has 0 bridgehead atoms. The lowest BCUT2D eigenvalue weighted by molar-refractivity contribution is -0.130. The van der Waals surface area contributed by atoms with Crippen LogP contribution in [0.3, 0.4) is 0 Å². The molecule has 0 saturated carbocycles. The van der Waals surface area contributed by atoms with Crippen LogP contribution >= 0.6 is 0 Å². The molecule has 138 valence electrons. The summed E-state index contributed by atoms with van der Waals surface area (Å²) in [6, 6.07) is 25.6. The van der Waals surface area contributed by atoms with Crippen molar-refractivity contribution in [3.63, 3.8) is 0 Å². The van der Waals surface area contributed by atoms with Crippen LogP contribution in [-0.2, 0) is 10.3 Å². The van der Waals surface area contributed by atoms with E-state index >= 15 is 0 Å². The van der Waals surface area contributed by atoms with Crippen molar-refractivity contribution in [2.75, 3.05) is 0 Å². The Morgan fingerprint density at radius 1 is 0.821 bits per heavy atom. The van der Waals surface area contributed by atoms with E-state index in [4.69, 9.17) is 0 Å². The van der Waals surface area contributed by atoms with Gasteiger partial charge in [-0.1, -0.05) is 90.5 Å². The molecule has 1 aliphatic heterocycles. The van der Waals surface area contributed by atoms with Crippen LogP contribution in [0.25, 0.3) is 0 Å². The van der Waals surface area contributed by atoms with Crippen molar-refractivity contribution in [2.24, 2.45) is 5.10 Å². The maximum absolute atomic E-state index is 13.4. The number of amides is 3. The number of benzene rings is 3. The van der Waals surface area contributed by atoms with E-state index in [0.717, 1.165) is 16.1 Å². The van der Waals surface area contributed by atoms with E-state index in [1.165, 1.54) is 6.21 Å². The maximum atomic E-state index is 13.4. The highest BCUT2D eigenvalue weighted by Crippen LogP contribution is 2.36. The summed E-state index contributed by atoms with van der Waals surface area (Å²) in [6.07, 6.45) is 1.52. The van der Waals surface area contributed by atoms with Crippen LogP contribution < -0.4 is 5.32 Å². The third-order valence-corrected chi connectivity index (χ3v) is 4.81. The molecule has 1 aliphatic rings. The topological polar surface area (TPSA) is 61.8 Å². The molecule has 5 nitrogen and oxygen atoms in total. The van der Waals surface area contributed by atoms with Crippen LogP contribution in [0.5, 0.6) is 0 Å². The van der Waals surface area contributed by atoms with Crippen LogP contribution in [-0.4, -0.2) is 23.2 Å². The fourth-order valence-electron chi connectivity index (χ4n) is 3.33. The fraction of sp³-hybridized carbons (Fsp3) is 0.0870. The van der Waals surface area contributed by atoms with Crippen LogP contribution in [0.1, 0.15) is 22.3 Å². The summed E-state index contributed by atoms with van der Waals surface area (Å²) in [7, 11) is 0. The monoisotopic (exact) mass is 369 g/mol. The number of imide groups is 1. The normalized spacial score (nSPS) is 15.8. The molecule has 0 aromatic heterocycles. The van der Waals surface area contributed by atoms with Gasteiger partial charge in [-0.05, 0) is 23.6 Å².